The van der Waals surface area contributed by atoms with Crippen LogP contribution in [0, 0.1) is 0 Å². The van der Waals surface area contributed by atoms with Gasteiger partial charge in [0.25, 0.3) is 5.56 Å². The van der Waals surface area contributed by atoms with E-state index in [1.807, 2.05) is 0 Å². The third-order valence-electron chi connectivity index (χ3n) is 3.69. The number of aromatic amines is 2. The first kappa shape index (κ1) is 13.4. The van der Waals surface area contributed by atoms with Gasteiger partial charge in [-0.1, -0.05) is 23.2 Å². The van der Waals surface area contributed by atoms with E-state index in [4.69, 9.17) is 23.2 Å². The number of benzene rings is 2. The van der Waals surface area contributed by atoms with Gasteiger partial charge in [0.15, 0.2) is 5.43 Å². The van der Waals surface area contributed by atoms with E-state index in [0.717, 1.165) is 0 Å². The van der Waals surface area contributed by atoms with Crippen molar-refractivity contribution >= 4 is 55.9 Å². The number of pyridine rings is 2. The zero-order chi connectivity index (χ0) is 15.4. The first-order chi connectivity index (χ1) is 10.5. The van der Waals surface area contributed by atoms with E-state index in [2.05, 4.69) is 9.97 Å². The predicted octanol–water partition coefficient (Wildman–Crippen LogP) is 3.83. The molecule has 0 amide bonds. The molecule has 0 unspecified atom stereocenters. The molecule has 0 spiro atoms. The van der Waals surface area contributed by atoms with Gasteiger partial charge < -0.3 is 9.97 Å². The minimum Gasteiger partial charge on any atom is -0.350 e. The molecule has 6 heteroatoms. The van der Waals surface area contributed by atoms with E-state index in [0.29, 0.717) is 37.2 Å². The van der Waals surface area contributed by atoms with Gasteiger partial charge in [-0.05, 0) is 36.4 Å². The maximum absolute atomic E-state index is 12.8. The van der Waals surface area contributed by atoms with Gasteiger partial charge in [-0.2, -0.15) is 0 Å². The second kappa shape index (κ2) is 4.60. The highest BCUT2D eigenvalue weighted by molar-refractivity contribution is 6.32. The summed E-state index contributed by atoms with van der Waals surface area (Å²) in [5, 5.41) is 2.31. The molecule has 2 aromatic carbocycles. The summed E-state index contributed by atoms with van der Waals surface area (Å²) in [7, 11) is 0. The second-order valence-electron chi connectivity index (χ2n) is 5.04. The fourth-order valence-corrected chi connectivity index (χ4v) is 3.05. The third kappa shape index (κ3) is 1.85. The van der Waals surface area contributed by atoms with E-state index < -0.39 is 0 Å². The smallest absolute Gasteiger partial charge is 0.272 e. The number of hydrogen-bond donors (Lipinski definition) is 2. The minimum absolute atomic E-state index is 0.231. The van der Waals surface area contributed by atoms with Crippen molar-refractivity contribution in [3.63, 3.8) is 0 Å². The Balaban J connectivity index is 2.39. The van der Waals surface area contributed by atoms with Crippen molar-refractivity contribution in [3.8, 4) is 0 Å². The molecule has 2 N–H and O–H groups in total. The summed E-state index contributed by atoms with van der Waals surface area (Å²) >= 11 is 12.0. The van der Waals surface area contributed by atoms with Crippen LogP contribution in [0.3, 0.4) is 0 Å². The van der Waals surface area contributed by atoms with Gasteiger partial charge in [-0.25, -0.2) is 0 Å². The lowest BCUT2D eigenvalue weighted by Gasteiger charge is -2.06. The van der Waals surface area contributed by atoms with Crippen molar-refractivity contribution in [2.75, 3.05) is 0 Å². The van der Waals surface area contributed by atoms with Crippen LogP contribution in [0.1, 0.15) is 0 Å². The zero-order valence-electron chi connectivity index (χ0n) is 11.0. The Morgan fingerprint density at radius 2 is 1.36 bits per heavy atom. The van der Waals surface area contributed by atoms with Gasteiger partial charge >= 0.3 is 0 Å². The van der Waals surface area contributed by atoms with E-state index in [-0.39, 0.29) is 16.5 Å². The van der Waals surface area contributed by atoms with Gasteiger partial charge in [0, 0.05) is 31.9 Å². The quantitative estimate of drug-likeness (QED) is 0.380. The second-order valence-corrected chi connectivity index (χ2v) is 5.91. The molecular weight excluding hydrogens is 323 g/mol. The monoisotopic (exact) mass is 330 g/mol. The Morgan fingerprint density at radius 1 is 0.773 bits per heavy atom. The Hall–Kier alpha value is -2.30. The number of fused-ring (bicyclic) bond motifs is 4. The zero-order valence-corrected chi connectivity index (χ0v) is 12.5. The van der Waals surface area contributed by atoms with Crippen molar-refractivity contribution < 1.29 is 0 Å². The van der Waals surface area contributed by atoms with Crippen LogP contribution in [-0.4, -0.2) is 9.97 Å². The largest absolute Gasteiger partial charge is 0.350 e. The molecule has 0 bridgehead atoms. The summed E-state index contributed by atoms with van der Waals surface area (Å²) in [6, 6.07) is 9.95. The van der Waals surface area contributed by atoms with E-state index in [9.17, 15) is 9.59 Å². The Kier molecular flexibility index (Phi) is 2.79. The molecule has 0 saturated heterocycles. The van der Waals surface area contributed by atoms with Crippen molar-refractivity contribution in [1.29, 1.82) is 0 Å². The number of halogens is 2. The average molecular weight is 331 g/mol. The molecule has 108 valence electrons. The normalized spacial score (nSPS) is 11.5. The highest BCUT2D eigenvalue weighted by atomic mass is 35.5. The number of aromatic nitrogens is 2. The summed E-state index contributed by atoms with van der Waals surface area (Å²) in [5.41, 5.74) is 0.764. The van der Waals surface area contributed by atoms with Crippen LogP contribution in [0.2, 0.25) is 10.0 Å². The summed E-state index contributed by atoms with van der Waals surface area (Å²) < 4.78 is 0. The van der Waals surface area contributed by atoms with Crippen molar-refractivity contribution in [1.82, 2.24) is 9.97 Å². The molecule has 2 heterocycles. The molecule has 4 aromatic rings. The summed E-state index contributed by atoms with van der Waals surface area (Å²) in [4.78, 5) is 30.9. The molecule has 0 fully saturated rings. The lowest BCUT2D eigenvalue weighted by molar-refractivity contribution is 1.30. The molecule has 4 rings (SSSR count). The van der Waals surface area contributed by atoms with Crippen LogP contribution >= 0.6 is 23.2 Å². The molecule has 0 aliphatic rings. The minimum atomic E-state index is -0.348. The van der Waals surface area contributed by atoms with Crippen molar-refractivity contribution in [3.05, 3.63) is 67.0 Å². The number of nitrogens with one attached hydrogen (secondary N) is 2. The molecule has 0 radical (unpaired) electrons. The molecule has 0 aliphatic heterocycles. The van der Waals surface area contributed by atoms with E-state index in [1.54, 1.807) is 36.4 Å². The Morgan fingerprint density at radius 3 is 2.05 bits per heavy atom. The van der Waals surface area contributed by atoms with Crippen LogP contribution in [0.5, 0.6) is 0 Å². The lowest BCUT2D eigenvalue weighted by atomic mass is 10.1. The fraction of sp³-hybridized carbons (Fsp3) is 0. The van der Waals surface area contributed by atoms with Gasteiger partial charge in [-0.3, -0.25) is 9.59 Å². The van der Waals surface area contributed by atoms with Gasteiger partial charge in [0.2, 0.25) is 0 Å². The SMILES string of the molecule is O=c1[nH]c2ccc(Cl)cc2c2c(=O)c3cc(Cl)ccc3[nH]c12. The summed E-state index contributed by atoms with van der Waals surface area (Å²) in [5.74, 6) is 0. The first-order valence-electron chi connectivity index (χ1n) is 6.51. The number of hydrogen-bond acceptors (Lipinski definition) is 2. The van der Waals surface area contributed by atoms with Crippen LogP contribution in [-0.2, 0) is 0 Å². The maximum Gasteiger partial charge on any atom is 0.272 e. The van der Waals surface area contributed by atoms with Crippen molar-refractivity contribution in [2.24, 2.45) is 0 Å². The first-order valence-corrected chi connectivity index (χ1v) is 7.27. The van der Waals surface area contributed by atoms with E-state index >= 15 is 0 Å². The van der Waals surface area contributed by atoms with E-state index in [1.165, 1.54) is 0 Å². The van der Waals surface area contributed by atoms with Crippen LogP contribution in [0.25, 0.3) is 32.7 Å². The molecule has 4 nitrogen and oxygen atoms in total. The fourth-order valence-electron chi connectivity index (χ4n) is 2.70. The van der Waals surface area contributed by atoms with Gasteiger partial charge in [-0.15, -0.1) is 0 Å². The van der Waals surface area contributed by atoms with Gasteiger partial charge in [0.1, 0.15) is 5.52 Å². The number of rotatable bonds is 0. The highest BCUT2D eigenvalue weighted by Crippen LogP contribution is 2.24. The maximum atomic E-state index is 12.8. The molecule has 2 aromatic heterocycles. The molecular formula is C16H8Cl2N2O2. The molecule has 22 heavy (non-hydrogen) atoms. The van der Waals surface area contributed by atoms with Crippen LogP contribution < -0.4 is 11.0 Å². The van der Waals surface area contributed by atoms with Gasteiger partial charge in [0.05, 0.1) is 5.39 Å². The van der Waals surface area contributed by atoms with Crippen LogP contribution in [0.15, 0.2) is 46.0 Å². The molecule has 0 saturated carbocycles. The Bertz CT molecular complexity index is 1190. The average Bonchev–Trinajstić information content (AvgIpc) is 2.49. The third-order valence-corrected chi connectivity index (χ3v) is 4.16. The summed E-state index contributed by atoms with van der Waals surface area (Å²) in [6.07, 6.45) is 0. The Labute approximate surface area is 133 Å². The predicted molar refractivity (Wildman–Crippen MR) is 90.2 cm³/mol. The molecule has 0 aliphatic carbocycles. The number of H-pyrrole nitrogens is 2. The van der Waals surface area contributed by atoms with Crippen LogP contribution in [0.4, 0.5) is 0 Å². The standard InChI is InChI=1S/C16H8Cl2N2O2/c17-7-1-3-11-9(5-7)13-14(16(22)20-11)19-12-4-2-8(18)6-10(12)15(13)21/h1-6H,(H,19,21)(H,20,22). The summed E-state index contributed by atoms with van der Waals surface area (Å²) in [6.45, 7) is 0. The highest BCUT2D eigenvalue weighted by Gasteiger charge is 2.13. The van der Waals surface area contributed by atoms with Crippen molar-refractivity contribution in [2.45, 2.75) is 0 Å². The lowest BCUT2D eigenvalue weighted by Crippen LogP contribution is -2.14. The molecule has 0 atom stereocenters. The topological polar surface area (TPSA) is 65.7 Å².